The van der Waals surface area contributed by atoms with Crippen LogP contribution in [0.15, 0.2) is 38.8 Å². The summed E-state index contributed by atoms with van der Waals surface area (Å²) in [5.74, 6) is 0.259. The van der Waals surface area contributed by atoms with Crippen molar-refractivity contribution in [2.75, 3.05) is 0 Å². The standard InChI is InChI=1S/C19H16Cl2FN5O4/c20-13-5-11(27-16(28)8-23-26(9-22)19(27)30)6-14(21)17(13)31-15-7-12(18(29)25-24-15)10-3-1-2-4-10/h5-8,10H,1-4,9H2,(H,25,29). The Bertz CT molecular complexity index is 1290. The number of nitrogens with one attached hydrogen (secondary N) is 1. The molecule has 0 bridgehead atoms. The van der Waals surface area contributed by atoms with Crippen LogP contribution in [0, 0.1) is 0 Å². The summed E-state index contributed by atoms with van der Waals surface area (Å²) in [6.07, 6.45) is 4.75. The van der Waals surface area contributed by atoms with Crippen molar-refractivity contribution in [3.05, 3.63) is 71.2 Å². The molecule has 2 heterocycles. The number of nitrogens with zero attached hydrogens (tertiary/aromatic N) is 4. The van der Waals surface area contributed by atoms with Crippen LogP contribution in [-0.2, 0) is 6.80 Å². The highest BCUT2D eigenvalue weighted by atomic mass is 35.5. The summed E-state index contributed by atoms with van der Waals surface area (Å²) < 4.78 is 19.8. The van der Waals surface area contributed by atoms with E-state index in [-0.39, 0.29) is 38.8 Å². The molecule has 162 valence electrons. The number of halogens is 3. The number of aromatic nitrogens is 5. The quantitative estimate of drug-likeness (QED) is 0.616. The van der Waals surface area contributed by atoms with Gasteiger partial charge in [0.2, 0.25) is 5.88 Å². The average Bonchev–Trinajstić information content (AvgIpc) is 3.27. The van der Waals surface area contributed by atoms with Gasteiger partial charge in [-0.25, -0.2) is 18.9 Å². The third-order valence-corrected chi connectivity index (χ3v) is 5.67. The first-order chi connectivity index (χ1) is 14.9. The Morgan fingerprint density at radius 1 is 1.13 bits per heavy atom. The van der Waals surface area contributed by atoms with E-state index in [1.165, 1.54) is 12.1 Å². The van der Waals surface area contributed by atoms with Crippen LogP contribution >= 0.6 is 23.2 Å². The summed E-state index contributed by atoms with van der Waals surface area (Å²) in [6.45, 7) is -1.21. The maximum Gasteiger partial charge on any atom is 0.354 e. The fraction of sp³-hybridized carbons (Fsp3) is 0.316. The van der Waals surface area contributed by atoms with Gasteiger partial charge >= 0.3 is 5.69 Å². The molecular weight excluding hydrogens is 452 g/mol. The van der Waals surface area contributed by atoms with E-state index in [2.05, 4.69) is 15.3 Å². The van der Waals surface area contributed by atoms with Crippen LogP contribution < -0.4 is 21.5 Å². The molecule has 1 aliphatic carbocycles. The topological polar surface area (TPSA) is 112 Å². The third kappa shape index (κ3) is 4.13. The van der Waals surface area contributed by atoms with Crippen molar-refractivity contribution < 1.29 is 9.13 Å². The second-order valence-corrected chi connectivity index (χ2v) is 7.85. The van der Waals surface area contributed by atoms with E-state index in [0.717, 1.165) is 31.9 Å². The number of hydrogen-bond donors (Lipinski definition) is 1. The van der Waals surface area contributed by atoms with Crippen molar-refractivity contribution >= 4 is 23.2 Å². The van der Waals surface area contributed by atoms with Crippen molar-refractivity contribution in [3.8, 4) is 17.3 Å². The zero-order valence-electron chi connectivity index (χ0n) is 16.0. The average molecular weight is 468 g/mol. The summed E-state index contributed by atoms with van der Waals surface area (Å²) in [5.41, 5.74) is -1.43. The lowest BCUT2D eigenvalue weighted by atomic mass is 10.00. The molecule has 2 aromatic heterocycles. The van der Waals surface area contributed by atoms with Gasteiger partial charge < -0.3 is 4.74 Å². The van der Waals surface area contributed by atoms with Crippen molar-refractivity contribution in [1.82, 2.24) is 24.5 Å². The normalized spacial score (nSPS) is 14.2. The van der Waals surface area contributed by atoms with Gasteiger partial charge in [0, 0.05) is 11.6 Å². The molecule has 1 aromatic carbocycles. The number of hydrogen-bond acceptors (Lipinski definition) is 6. The van der Waals surface area contributed by atoms with Gasteiger partial charge in [-0.2, -0.15) is 9.78 Å². The first kappa shape index (κ1) is 21.3. The highest BCUT2D eigenvalue weighted by Crippen LogP contribution is 2.38. The Morgan fingerprint density at radius 2 is 1.81 bits per heavy atom. The molecule has 1 fully saturated rings. The molecule has 4 rings (SSSR count). The molecule has 0 unspecified atom stereocenters. The maximum absolute atomic E-state index is 12.9. The van der Waals surface area contributed by atoms with Gasteiger partial charge in [-0.15, -0.1) is 5.10 Å². The summed E-state index contributed by atoms with van der Waals surface area (Å²) in [6, 6.07) is 4.11. The Morgan fingerprint density at radius 3 is 2.45 bits per heavy atom. The van der Waals surface area contributed by atoms with Crippen molar-refractivity contribution in [2.45, 2.75) is 38.4 Å². The van der Waals surface area contributed by atoms with Gasteiger partial charge in [-0.05, 0) is 30.9 Å². The van der Waals surface area contributed by atoms with Crippen LogP contribution in [0.3, 0.4) is 0 Å². The van der Waals surface area contributed by atoms with E-state index in [1.54, 1.807) is 6.07 Å². The largest absolute Gasteiger partial charge is 0.434 e. The molecule has 0 radical (unpaired) electrons. The molecule has 0 saturated heterocycles. The summed E-state index contributed by atoms with van der Waals surface area (Å²) in [5, 5.41) is 9.68. The Hall–Kier alpha value is -2.98. The predicted octanol–water partition coefficient (Wildman–Crippen LogP) is 3.16. The number of benzene rings is 1. The van der Waals surface area contributed by atoms with E-state index in [9.17, 15) is 18.8 Å². The summed E-state index contributed by atoms with van der Waals surface area (Å²) in [7, 11) is 0. The third-order valence-electron chi connectivity index (χ3n) is 5.10. The molecule has 0 atom stereocenters. The summed E-state index contributed by atoms with van der Waals surface area (Å²) in [4.78, 5) is 36.5. The minimum Gasteiger partial charge on any atom is -0.434 e. The van der Waals surface area contributed by atoms with Gasteiger partial charge in [0.1, 0.15) is 6.20 Å². The second kappa shape index (κ2) is 8.64. The Labute approximate surface area is 184 Å². The molecule has 12 heteroatoms. The van der Waals surface area contributed by atoms with E-state index >= 15 is 0 Å². The molecule has 9 nitrogen and oxygen atoms in total. The second-order valence-electron chi connectivity index (χ2n) is 7.03. The lowest BCUT2D eigenvalue weighted by molar-refractivity contribution is 0.327. The Balaban J connectivity index is 1.71. The predicted molar refractivity (Wildman–Crippen MR) is 111 cm³/mol. The smallest absolute Gasteiger partial charge is 0.354 e. The van der Waals surface area contributed by atoms with E-state index in [4.69, 9.17) is 27.9 Å². The lowest BCUT2D eigenvalue weighted by Gasteiger charge is -2.13. The van der Waals surface area contributed by atoms with Crippen molar-refractivity contribution in [3.63, 3.8) is 0 Å². The molecule has 31 heavy (non-hydrogen) atoms. The van der Waals surface area contributed by atoms with Crippen LogP contribution in [0.4, 0.5) is 4.39 Å². The highest BCUT2D eigenvalue weighted by molar-refractivity contribution is 6.37. The molecule has 1 aliphatic rings. The van der Waals surface area contributed by atoms with Gasteiger partial charge in [0.25, 0.3) is 11.1 Å². The monoisotopic (exact) mass is 467 g/mol. The molecule has 1 N–H and O–H groups in total. The van der Waals surface area contributed by atoms with Crippen molar-refractivity contribution in [1.29, 1.82) is 0 Å². The first-order valence-electron chi connectivity index (χ1n) is 9.41. The van der Waals surface area contributed by atoms with Crippen LogP contribution in [0.2, 0.25) is 10.0 Å². The van der Waals surface area contributed by atoms with Crippen LogP contribution in [0.1, 0.15) is 37.2 Å². The van der Waals surface area contributed by atoms with E-state index < -0.39 is 18.0 Å². The lowest BCUT2D eigenvalue weighted by Crippen LogP contribution is -2.39. The van der Waals surface area contributed by atoms with Gasteiger partial charge in [-0.3, -0.25) is 9.59 Å². The molecule has 0 aliphatic heterocycles. The van der Waals surface area contributed by atoms with Crippen LogP contribution in [0.25, 0.3) is 5.69 Å². The minimum absolute atomic E-state index is 0.0167. The number of ether oxygens (including phenoxy) is 1. The fourth-order valence-electron chi connectivity index (χ4n) is 3.63. The van der Waals surface area contributed by atoms with Crippen LogP contribution in [-0.4, -0.2) is 24.5 Å². The molecule has 0 spiro atoms. The molecule has 1 saturated carbocycles. The van der Waals surface area contributed by atoms with Crippen molar-refractivity contribution in [2.24, 2.45) is 0 Å². The SMILES string of the molecule is O=c1[nH]nc(Oc2c(Cl)cc(-n3c(=O)cnn(CF)c3=O)cc2Cl)cc1C1CCCC1. The van der Waals surface area contributed by atoms with Gasteiger partial charge in [-0.1, -0.05) is 36.0 Å². The highest BCUT2D eigenvalue weighted by Gasteiger charge is 2.22. The number of rotatable bonds is 5. The van der Waals surface area contributed by atoms with E-state index in [1.807, 2.05) is 0 Å². The van der Waals surface area contributed by atoms with Gasteiger partial charge in [0.05, 0.1) is 15.7 Å². The minimum atomic E-state index is -1.21. The van der Waals surface area contributed by atoms with Crippen LogP contribution in [0.5, 0.6) is 11.6 Å². The first-order valence-corrected chi connectivity index (χ1v) is 10.2. The number of H-pyrrole nitrogens is 1. The number of aromatic amines is 1. The van der Waals surface area contributed by atoms with E-state index in [0.29, 0.717) is 14.8 Å². The number of alkyl halides is 1. The zero-order valence-corrected chi connectivity index (χ0v) is 17.5. The molecule has 3 aromatic rings. The van der Waals surface area contributed by atoms with Gasteiger partial charge in [0.15, 0.2) is 12.5 Å². The Kier molecular flexibility index (Phi) is 5.92. The molecular formula is C19H16Cl2FN5O4. The molecule has 0 amide bonds. The zero-order chi connectivity index (χ0) is 22.1. The maximum atomic E-state index is 12.9. The fourth-order valence-corrected chi connectivity index (χ4v) is 4.18. The summed E-state index contributed by atoms with van der Waals surface area (Å²) >= 11 is 12.6.